The first kappa shape index (κ1) is 58.6. The lowest BCUT2D eigenvalue weighted by Crippen LogP contribution is -2.61. The molecule has 24 nitrogen and oxygen atoms in total. The molecule has 1 saturated heterocycles. The molecule has 4 aromatic rings. The second kappa shape index (κ2) is 29.0. The lowest BCUT2D eigenvalue weighted by atomic mass is 9.99. The Kier molecular flexibility index (Phi) is 22.3. The van der Waals surface area contributed by atoms with E-state index in [0.717, 1.165) is 10.9 Å². The molecule has 0 spiro atoms. The van der Waals surface area contributed by atoms with Crippen LogP contribution in [0.4, 0.5) is 0 Å². The SMILES string of the molecule is CCCC[C@H](NC(C)=O)C(=O)N[C@H]1CC(=O)NCCCC[C@@H](C(N)=O)N(C)C(=O)[C@H](Cc2c[nH]c3ccccc23)N(C)C(=O)[C@H](CCCN=C(N)N)NC(=O)[C@@H](Cc2ccccc2)NC(=O)[C@H](Cc2cnc[nH]2)NC1=O. The lowest BCUT2D eigenvalue weighted by Gasteiger charge is -2.35. The fourth-order valence-electron chi connectivity index (χ4n) is 9.03. The number of para-hydroxylation sites is 1. The number of guanidine groups is 1. The van der Waals surface area contributed by atoms with E-state index in [0.29, 0.717) is 29.7 Å². The predicted molar refractivity (Wildman–Crippen MR) is 283 cm³/mol. The zero-order chi connectivity index (χ0) is 55.3. The van der Waals surface area contributed by atoms with Gasteiger partial charge < -0.3 is 68.9 Å². The molecule has 410 valence electrons. The van der Waals surface area contributed by atoms with Gasteiger partial charge in [0.05, 0.1) is 12.7 Å². The van der Waals surface area contributed by atoms with Crippen molar-refractivity contribution in [3.63, 3.8) is 0 Å². The largest absolute Gasteiger partial charge is 0.370 e. The van der Waals surface area contributed by atoms with E-state index in [1.807, 2.05) is 31.2 Å². The molecule has 14 N–H and O–H groups in total. The number of aromatic nitrogens is 3. The average Bonchev–Trinajstić information content (AvgIpc) is 4.07. The van der Waals surface area contributed by atoms with Crippen molar-refractivity contribution in [3.05, 3.63) is 90.1 Å². The first-order valence-corrected chi connectivity index (χ1v) is 25.6. The standard InChI is InChI=1S/C52H73N15O9/c1-5-6-18-37(61-31(2)68)46(71)65-41-27-44(69)57-22-13-12-21-42(45(53)70)66(3)51(76)43(25-33-28-59-36-19-11-10-17-35(33)36)67(4)50(75)38(20-14-23-58-52(54)55)62-47(72)39(24-32-15-8-7-9-16-32)63-48(73)40(64-49(41)74)26-34-29-56-30-60-34/h7-11,15-17,19,28-30,37-43,59H,5-6,12-14,18,20-27H2,1-4H3,(H2,53,70)(H,56,60)(H,57,69)(H,61,68)(H,62,72)(H,63,73)(H,64,74)(H,65,71)(H4,54,55,58)/t37-,38-,39+,40-,41-,42-,43-/m0/s1. The maximum Gasteiger partial charge on any atom is 0.246 e. The lowest BCUT2D eigenvalue weighted by molar-refractivity contribution is -0.148. The Bertz CT molecular complexity index is 2660. The van der Waals surface area contributed by atoms with Crippen LogP contribution in [-0.2, 0) is 62.4 Å². The van der Waals surface area contributed by atoms with Crippen LogP contribution in [0.2, 0.25) is 0 Å². The molecular formula is C52H73N15O9. The number of benzene rings is 2. The fraction of sp³-hybridized carbons (Fsp3) is 0.481. The van der Waals surface area contributed by atoms with Crippen molar-refractivity contribution in [2.45, 2.75) is 133 Å². The number of primary amides is 1. The molecule has 76 heavy (non-hydrogen) atoms. The van der Waals surface area contributed by atoms with Crippen LogP contribution in [0.3, 0.4) is 0 Å². The number of rotatable bonds is 17. The van der Waals surface area contributed by atoms with Crippen molar-refractivity contribution in [2.24, 2.45) is 22.2 Å². The molecular weight excluding hydrogens is 979 g/mol. The molecule has 0 unspecified atom stereocenters. The third kappa shape index (κ3) is 17.4. The van der Waals surface area contributed by atoms with Crippen molar-refractivity contribution >= 4 is 70.0 Å². The summed E-state index contributed by atoms with van der Waals surface area (Å²) in [7, 11) is 2.85. The molecule has 3 heterocycles. The van der Waals surface area contributed by atoms with Crippen LogP contribution in [0.25, 0.3) is 10.9 Å². The molecule has 2 aromatic carbocycles. The highest BCUT2D eigenvalue weighted by Crippen LogP contribution is 2.23. The summed E-state index contributed by atoms with van der Waals surface area (Å²) in [6, 6.07) is 6.92. The third-order valence-electron chi connectivity index (χ3n) is 13.2. The van der Waals surface area contributed by atoms with Gasteiger partial charge in [-0.2, -0.15) is 0 Å². The Morgan fingerprint density at radius 1 is 0.803 bits per heavy atom. The van der Waals surface area contributed by atoms with Crippen molar-refractivity contribution in [1.82, 2.24) is 56.7 Å². The van der Waals surface area contributed by atoms with Crippen molar-refractivity contribution in [3.8, 4) is 0 Å². The van der Waals surface area contributed by atoms with Crippen molar-refractivity contribution in [1.29, 1.82) is 0 Å². The van der Waals surface area contributed by atoms with Crippen LogP contribution in [-0.4, -0.2) is 153 Å². The number of nitrogens with two attached hydrogens (primary N) is 3. The van der Waals surface area contributed by atoms with E-state index in [4.69, 9.17) is 17.2 Å². The van der Waals surface area contributed by atoms with Crippen LogP contribution in [0.15, 0.2) is 78.3 Å². The first-order chi connectivity index (χ1) is 36.4. The predicted octanol–water partition coefficient (Wildman–Crippen LogP) is -0.564. The molecule has 1 fully saturated rings. The van der Waals surface area contributed by atoms with Crippen LogP contribution in [0.1, 0.15) is 88.5 Å². The third-order valence-corrected chi connectivity index (χ3v) is 13.2. The van der Waals surface area contributed by atoms with Gasteiger partial charge in [0.15, 0.2) is 5.96 Å². The summed E-state index contributed by atoms with van der Waals surface area (Å²) in [5, 5.41) is 17.1. The van der Waals surface area contributed by atoms with Gasteiger partial charge in [0.25, 0.3) is 0 Å². The molecule has 5 rings (SSSR count). The summed E-state index contributed by atoms with van der Waals surface area (Å²) >= 11 is 0. The highest BCUT2D eigenvalue weighted by molar-refractivity contribution is 5.99. The minimum atomic E-state index is -1.58. The number of carbonyl (C=O) groups is 9. The molecule has 0 aliphatic carbocycles. The highest BCUT2D eigenvalue weighted by Gasteiger charge is 2.39. The number of likely N-dealkylation sites (N-methyl/N-ethyl adjacent to an activating group) is 2. The molecule has 9 amide bonds. The maximum absolute atomic E-state index is 15.1. The monoisotopic (exact) mass is 1050 g/mol. The summed E-state index contributed by atoms with van der Waals surface area (Å²) in [5.74, 6) is -6.79. The molecule has 0 saturated carbocycles. The molecule has 0 bridgehead atoms. The zero-order valence-electron chi connectivity index (χ0n) is 43.6. The number of hydrogen-bond donors (Lipinski definition) is 11. The smallest absolute Gasteiger partial charge is 0.246 e. The zero-order valence-corrected chi connectivity index (χ0v) is 43.6. The Balaban J connectivity index is 1.59. The van der Waals surface area contributed by atoms with Gasteiger partial charge in [-0.25, -0.2) is 4.98 Å². The molecule has 24 heteroatoms. The number of aromatic amines is 2. The molecule has 1 aliphatic rings. The summed E-state index contributed by atoms with van der Waals surface area (Å²) in [6.45, 7) is 3.27. The molecule has 7 atom stereocenters. The second-order valence-corrected chi connectivity index (χ2v) is 19.0. The van der Waals surface area contributed by atoms with E-state index in [2.05, 4.69) is 51.8 Å². The maximum atomic E-state index is 15.1. The molecule has 2 aromatic heterocycles. The van der Waals surface area contributed by atoms with Gasteiger partial charge in [-0.1, -0.05) is 68.3 Å². The number of nitrogens with one attached hydrogen (secondary N) is 8. The van der Waals surface area contributed by atoms with E-state index in [1.165, 1.54) is 43.3 Å². The minimum Gasteiger partial charge on any atom is -0.370 e. The van der Waals surface area contributed by atoms with Gasteiger partial charge in [0.1, 0.15) is 42.3 Å². The Morgan fingerprint density at radius 2 is 1.49 bits per heavy atom. The van der Waals surface area contributed by atoms with E-state index in [9.17, 15) is 38.4 Å². The number of unbranched alkanes of at least 4 members (excludes halogenated alkanes) is 1. The van der Waals surface area contributed by atoms with Crippen LogP contribution >= 0.6 is 0 Å². The number of imidazole rings is 1. The van der Waals surface area contributed by atoms with Gasteiger partial charge in [0, 0.05) is 82.4 Å². The van der Waals surface area contributed by atoms with E-state index in [-0.39, 0.29) is 76.8 Å². The van der Waals surface area contributed by atoms with Crippen LogP contribution < -0.4 is 49.1 Å². The topological polar surface area (TPSA) is 367 Å². The number of hydrogen-bond acceptors (Lipinski definition) is 11. The van der Waals surface area contributed by atoms with E-state index in [1.54, 1.807) is 36.5 Å². The minimum absolute atomic E-state index is 0.0220. The van der Waals surface area contributed by atoms with E-state index >= 15 is 4.79 Å². The van der Waals surface area contributed by atoms with Gasteiger partial charge in [-0.3, -0.25) is 48.1 Å². The van der Waals surface area contributed by atoms with Gasteiger partial charge in [-0.05, 0) is 55.7 Å². The van der Waals surface area contributed by atoms with Gasteiger partial charge >= 0.3 is 0 Å². The summed E-state index contributed by atoms with van der Waals surface area (Å²) in [4.78, 5) is 143. The molecule has 0 radical (unpaired) electrons. The van der Waals surface area contributed by atoms with Gasteiger partial charge in [0.2, 0.25) is 53.2 Å². The van der Waals surface area contributed by atoms with E-state index < -0.39 is 102 Å². The quantitative estimate of drug-likeness (QED) is 0.0360. The Morgan fingerprint density at radius 3 is 2.16 bits per heavy atom. The summed E-state index contributed by atoms with van der Waals surface area (Å²) in [5.41, 5.74) is 19.7. The summed E-state index contributed by atoms with van der Waals surface area (Å²) < 4.78 is 0. The molecule has 1 aliphatic heterocycles. The summed E-state index contributed by atoms with van der Waals surface area (Å²) in [6.07, 6.45) is 5.88. The number of aliphatic imine (C=N–C) groups is 1. The van der Waals surface area contributed by atoms with Crippen LogP contribution in [0.5, 0.6) is 0 Å². The number of carbonyl (C=O) groups excluding carboxylic acids is 9. The van der Waals surface area contributed by atoms with Crippen molar-refractivity contribution in [2.75, 3.05) is 27.2 Å². The van der Waals surface area contributed by atoms with Crippen molar-refractivity contribution < 1.29 is 43.2 Å². The fourth-order valence-corrected chi connectivity index (χ4v) is 9.03. The van der Waals surface area contributed by atoms with Crippen LogP contribution in [0, 0.1) is 0 Å². The number of H-pyrrole nitrogens is 2. The first-order valence-electron chi connectivity index (χ1n) is 25.6. The number of amides is 9. The number of fused-ring (bicyclic) bond motifs is 1. The number of nitrogens with zero attached hydrogens (tertiary/aromatic N) is 4. The van der Waals surface area contributed by atoms with Gasteiger partial charge in [-0.15, -0.1) is 0 Å². The normalized spacial score (nSPS) is 21.4. The average molecular weight is 1050 g/mol. The Labute approximate surface area is 441 Å². The highest BCUT2D eigenvalue weighted by atomic mass is 16.2. The Hall–Kier alpha value is -8.31. The second-order valence-electron chi connectivity index (χ2n) is 19.0.